The van der Waals surface area contributed by atoms with Gasteiger partial charge in [0, 0.05) is 17.3 Å². The Labute approximate surface area is 100.0 Å². The smallest absolute Gasteiger partial charge is 0.326 e. The molecule has 2 rings (SSSR count). The van der Waals surface area contributed by atoms with Gasteiger partial charge in [0.2, 0.25) is 0 Å². The van der Waals surface area contributed by atoms with E-state index >= 15 is 0 Å². The number of esters is 1. The molecule has 0 radical (unpaired) electrons. The largest absolute Gasteiger partial charge is 0.462 e. The molecule has 2 aromatic rings. The number of benzene rings is 1. The second kappa shape index (κ2) is 4.49. The number of fused-ring (bicyclic) bond motifs is 1. The first-order valence-corrected chi connectivity index (χ1v) is 5.60. The van der Waals surface area contributed by atoms with Gasteiger partial charge in [0.15, 0.2) is 0 Å². The van der Waals surface area contributed by atoms with Crippen molar-refractivity contribution in [2.75, 3.05) is 5.73 Å². The van der Waals surface area contributed by atoms with Gasteiger partial charge in [-0.25, -0.2) is 0 Å². The van der Waals surface area contributed by atoms with Crippen LogP contribution in [-0.2, 0) is 16.1 Å². The molecule has 0 amide bonds. The molecule has 4 heteroatoms. The Morgan fingerprint density at radius 1 is 1.41 bits per heavy atom. The highest BCUT2D eigenvalue weighted by Crippen LogP contribution is 2.21. The summed E-state index contributed by atoms with van der Waals surface area (Å²) in [6, 6.07) is 7.57. The molecule has 0 spiro atoms. The lowest BCUT2D eigenvalue weighted by molar-refractivity contribution is -0.148. The van der Waals surface area contributed by atoms with Crippen LogP contribution in [0.25, 0.3) is 10.9 Å². The van der Waals surface area contributed by atoms with Gasteiger partial charge < -0.3 is 15.0 Å². The Bertz CT molecular complexity index is 543. The minimum absolute atomic E-state index is 0.0885. The molecule has 1 aromatic heterocycles. The van der Waals surface area contributed by atoms with Crippen LogP contribution in [0.15, 0.2) is 30.5 Å². The summed E-state index contributed by atoms with van der Waals surface area (Å²) in [6.07, 6.45) is 1.76. The topological polar surface area (TPSA) is 57.2 Å². The van der Waals surface area contributed by atoms with Crippen LogP contribution in [0.2, 0.25) is 0 Å². The molecule has 0 atom stereocenters. The summed E-state index contributed by atoms with van der Waals surface area (Å²) in [7, 11) is 0. The molecule has 0 bridgehead atoms. The summed E-state index contributed by atoms with van der Waals surface area (Å²) >= 11 is 0. The number of anilines is 1. The fourth-order valence-corrected chi connectivity index (χ4v) is 1.82. The first-order valence-electron chi connectivity index (χ1n) is 5.60. The third kappa shape index (κ3) is 2.41. The molecule has 0 aliphatic carbocycles. The third-order valence-electron chi connectivity index (χ3n) is 2.51. The van der Waals surface area contributed by atoms with E-state index < -0.39 is 0 Å². The standard InChI is InChI=1S/C13H16N2O2/c1-9(2)17-13(16)8-15-7-6-10-11(14)4-3-5-12(10)15/h3-7,9H,8,14H2,1-2H3. The van der Waals surface area contributed by atoms with Crippen LogP contribution >= 0.6 is 0 Å². The van der Waals surface area contributed by atoms with Crippen LogP contribution in [0.4, 0.5) is 5.69 Å². The van der Waals surface area contributed by atoms with Gasteiger partial charge in [-0.1, -0.05) is 6.07 Å². The normalized spacial score (nSPS) is 11.0. The highest BCUT2D eigenvalue weighted by Gasteiger charge is 2.09. The Hall–Kier alpha value is -1.97. The van der Waals surface area contributed by atoms with Crippen molar-refractivity contribution in [3.63, 3.8) is 0 Å². The van der Waals surface area contributed by atoms with E-state index in [4.69, 9.17) is 10.5 Å². The zero-order chi connectivity index (χ0) is 12.4. The Kier molecular flexibility index (Phi) is 3.04. The van der Waals surface area contributed by atoms with Gasteiger partial charge in [-0.3, -0.25) is 4.79 Å². The second-order valence-electron chi connectivity index (χ2n) is 4.26. The summed E-state index contributed by atoms with van der Waals surface area (Å²) < 4.78 is 6.96. The number of hydrogen-bond acceptors (Lipinski definition) is 3. The van der Waals surface area contributed by atoms with Gasteiger partial charge in [0.1, 0.15) is 6.54 Å². The summed E-state index contributed by atoms with van der Waals surface area (Å²) in [4.78, 5) is 11.6. The van der Waals surface area contributed by atoms with Crippen LogP contribution < -0.4 is 5.73 Å². The first-order chi connectivity index (χ1) is 8.08. The number of aromatic nitrogens is 1. The minimum atomic E-state index is -0.236. The van der Waals surface area contributed by atoms with Gasteiger partial charge in [0.25, 0.3) is 0 Å². The molecule has 90 valence electrons. The molecule has 4 nitrogen and oxygen atoms in total. The van der Waals surface area contributed by atoms with E-state index in [9.17, 15) is 4.79 Å². The Balaban J connectivity index is 2.25. The molecule has 17 heavy (non-hydrogen) atoms. The zero-order valence-corrected chi connectivity index (χ0v) is 10.0. The maximum absolute atomic E-state index is 11.6. The fraction of sp³-hybridized carbons (Fsp3) is 0.308. The van der Waals surface area contributed by atoms with Crippen LogP contribution in [0.5, 0.6) is 0 Å². The van der Waals surface area contributed by atoms with Crippen LogP contribution in [0.3, 0.4) is 0 Å². The number of rotatable bonds is 3. The molecule has 0 fully saturated rings. The highest BCUT2D eigenvalue weighted by molar-refractivity contribution is 5.91. The Morgan fingerprint density at radius 2 is 2.18 bits per heavy atom. The van der Waals surface area contributed by atoms with E-state index in [0.717, 1.165) is 16.6 Å². The number of nitrogen functional groups attached to an aromatic ring is 1. The number of carbonyl (C=O) groups is 1. The zero-order valence-electron chi connectivity index (χ0n) is 10.0. The van der Waals surface area contributed by atoms with Crippen LogP contribution in [-0.4, -0.2) is 16.6 Å². The van der Waals surface area contributed by atoms with E-state index in [2.05, 4.69) is 0 Å². The van der Waals surface area contributed by atoms with E-state index in [1.54, 1.807) is 0 Å². The molecule has 0 aliphatic heterocycles. The van der Waals surface area contributed by atoms with Crippen molar-refractivity contribution in [2.24, 2.45) is 0 Å². The molecule has 0 aliphatic rings. The van der Waals surface area contributed by atoms with Crippen molar-refractivity contribution >= 4 is 22.6 Å². The van der Waals surface area contributed by atoms with E-state index in [1.165, 1.54) is 0 Å². The fourth-order valence-electron chi connectivity index (χ4n) is 1.82. The average Bonchev–Trinajstić information content (AvgIpc) is 2.62. The summed E-state index contributed by atoms with van der Waals surface area (Å²) in [5.41, 5.74) is 7.52. The molecule has 0 unspecified atom stereocenters. The molecule has 2 N–H and O–H groups in total. The van der Waals surface area contributed by atoms with Gasteiger partial charge in [-0.05, 0) is 32.0 Å². The highest BCUT2D eigenvalue weighted by atomic mass is 16.5. The number of nitrogens with two attached hydrogens (primary N) is 1. The van der Waals surface area contributed by atoms with E-state index in [0.29, 0.717) is 0 Å². The predicted molar refractivity (Wildman–Crippen MR) is 67.6 cm³/mol. The van der Waals surface area contributed by atoms with Crippen molar-refractivity contribution in [2.45, 2.75) is 26.5 Å². The average molecular weight is 232 g/mol. The number of hydrogen-bond donors (Lipinski definition) is 1. The van der Waals surface area contributed by atoms with Gasteiger partial charge in [-0.15, -0.1) is 0 Å². The van der Waals surface area contributed by atoms with Gasteiger partial charge in [0.05, 0.1) is 11.6 Å². The SMILES string of the molecule is CC(C)OC(=O)Cn1ccc2c(N)cccc21. The van der Waals surface area contributed by atoms with Gasteiger partial charge in [-0.2, -0.15) is 0 Å². The molecule has 0 saturated heterocycles. The minimum Gasteiger partial charge on any atom is -0.462 e. The lowest BCUT2D eigenvalue weighted by Gasteiger charge is -2.09. The van der Waals surface area contributed by atoms with Gasteiger partial charge >= 0.3 is 5.97 Å². The summed E-state index contributed by atoms with van der Waals surface area (Å²) in [6.45, 7) is 3.89. The lowest BCUT2D eigenvalue weighted by atomic mass is 10.2. The lowest BCUT2D eigenvalue weighted by Crippen LogP contribution is -2.16. The maximum atomic E-state index is 11.6. The molecular formula is C13H16N2O2. The quantitative estimate of drug-likeness (QED) is 0.651. The summed E-state index contributed by atoms with van der Waals surface area (Å²) in [5, 5.41) is 0.963. The molecule has 1 heterocycles. The third-order valence-corrected chi connectivity index (χ3v) is 2.51. The predicted octanol–water partition coefficient (Wildman–Crippen LogP) is 2.18. The van der Waals surface area contributed by atoms with E-state index in [-0.39, 0.29) is 18.6 Å². The second-order valence-corrected chi connectivity index (χ2v) is 4.26. The number of nitrogens with zero attached hydrogens (tertiary/aromatic N) is 1. The van der Waals surface area contributed by atoms with Crippen molar-refractivity contribution in [1.29, 1.82) is 0 Å². The number of ether oxygens (including phenoxy) is 1. The van der Waals surface area contributed by atoms with Crippen molar-refractivity contribution in [1.82, 2.24) is 4.57 Å². The number of carbonyl (C=O) groups excluding carboxylic acids is 1. The van der Waals surface area contributed by atoms with Crippen molar-refractivity contribution in [3.8, 4) is 0 Å². The maximum Gasteiger partial charge on any atom is 0.326 e. The van der Waals surface area contributed by atoms with Crippen LogP contribution in [0, 0.1) is 0 Å². The van der Waals surface area contributed by atoms with Crippen molar-refractivity contribution in [3.05, 3.63) is 30.5 Å². The van der Waals surface area contributed by atoms with Crippen LogP contribution in [0.1, 0.15) is 13.8 Å². The first kappa shape index (κ1) is 11.5. The van der Waals surface area contributed by atoms with Crippen molar-refractivity contribution < 1.29 is 9.53 Å². The summed E-state index contributed by atoms with van der Waals surface area (Å²) in [5.74, 6) is -0.236. The van der Waals surface area contributed by atoms with E-state index in [1.807, 2.05) is 48.9 Å². The molecule has 0 saturated carbocycles. The molecule has 1 aromatic carbocycles. The monoisotopic (exact) mass is 232 g/mol. The Morgan fingerprint density at radius 3 is 2.88 bits per heavy atom. The molecular weight excluding hydrogens is 216 g/mol.